The number of phenols is 1. The van der Waals surface area contributed by atoms with E-state index in [1.54, 1.807) is 18.2 Å². The Balaban J connectivity index is 1.83. The number of hydrogen-bond donors (Lipinski definition) is 3. The Morgan fingerprint density at radius 1 is 1.09 bits per heavy atom. The molecule has 0 aliphatic heterocycles. The van der Waals surface area contributed by atoms with Crippen molar-refractivity contribution in [3.05, 3.63) is 58.1 Å². The first-order valence-corrected chi connectivity index (χ1v) is 8.16. The number of aromatic hydroxyl groups is 1. The van der Waals surface area contributed by atoms with Crippen LogP contribution in [-0.4, -0.2) is 22.7 Å². The number of hydrazine groups is 1. The zero-order valence-electron chi connectivity index (χ0n) is 11.7. The van der Waals surface area contributed by atoms with Gasteiger partial charge in [-0.25, -0.2) is 0 Å². The van der Waals surface area contributed by atoms with Crippen molar-refractivity contribution >= 4 is 46.8 Å². The molecule has 0 aliphatic rings. The van der Waals surface area contributed by atoms with Gasteiger partial charge in [0.05, 0.1) is 10.8 Å². The lowest BCUT2D eigenvalue weighted by Gasteiger charge is -2.08. The first-order chi connectivity index (χ1) is 11.0. The molecule has 0 aromatic heterocycles. The second-order valence-corrected chi connectivity index (χ2v) is 6.28. The van der Waals surface area contributed by atoms with Gasteiger partial charge < -0.3 is 5.11 Å². The van der Waals surface area contributed by atoms with Gasteiger partial charge in [-0.2, -0.15) is 0 Å². The van der Waals surface area contributed by atoms with Crippen molar-refractivity contribution in [1.82, 2.24) is 10.9 Å². The summed E-state index contributed by atoms with van der Waals surface area (Å²) in [4.78, 5) is 24.2. The van der Waals surface area contributed by atoms with Crippen molar-refractivity contribution in [3.8, 4) is 5.75 Å². The largest absolute Gasteiger partial charge is 0.508 e. The highest BCUT2D eigenvalue weighted by atomic mass is 35.5. The molecule has 0 unspecified atom stereocenters. The molecule has 3 N–H and O–H groups in total. The van der Waals surface area contributed by atoms with E-state index in [1.165, 1.54) is 36.0 Å². The van der Waals surface area contributed by atoms with E-state index in [4.69, 9.17) is 23.2 Å². The summed E-state index contributed by atoms with van der Waals surface area (Å²) in [5.41, 5.74) is 4.79. The van der Waals surface area contributed by atoms with E-state index in [9.17, 15) is 14.7 Å². The number of halogens is 2. The highest BCUT2D eigenvalue weighted by molar-refractivity contribution is 8.00. The van der Waals surface area contributed by atoms with E-state index >= 15 is 0 Å². The molecule has 23 heavy (non-hydrogen) atoms. The molecular formula is C15H12Cl2N2O3S. The molecular weight excluding hydrogens is 359 g/mol. The van der Waals surface area contributed by atoms with Gasteiger partial charge in [0.15, 0.2) is 0 Å². The fourth-order valence-electron chi connectivity index (χ4n) is 1.61. The molecule has 0 aliphatic carbocycles. The maximum absolute atomic E-state index is 11.8. The molecule has 120 valence electrons. The number of hydrogen-bond acceptors (Lipinski definition) is 4. The van der Waals surface area contributed by atoms with Crippen LogP contribution in [0.2, 0.25) is 10.0 Å². The number of benzene rings is 2. The van der Waals surface area contributed by atoms with Crippen molar-refractivity contribution in [3.63, 3.8) is 0 Å². The Hall–Kier alpha value is -1.89. The zero-order chi connectivity index (χ0) is 16.8. The SMILES string of the molecule is O=C(CSc1cc(Cl)ccc1Cl)NNC(=O)c1cccc(O)c1. The summed E-state index contributed by atoms with van der Waals surface area (Å²) in [6, 6.07) is 10.7. The van der Waals surface area contributed by atoms with Gasteiger partial charge in [-0.15, -0.1) is 11.8 Å². The van der Waals surface area contributed by atoms with Crippen LogP contribution in [0.15, 0.2) is 47.4 Å². The first kappa shape index (κ1) is 17.5. The van der Waals surface area contributed by atoms with Gasteiger partial charge >= 0.3 is 0 Å². The molecule has 2 aromatic rings. The van der Waals surface area contributed by atoms with Gasteiger partial charge in [0.25, 0.3) is 5.91 Å². The summed E-state index contributed by atoms with van der Waals surface area (Å²) in [7, 11) is 0. The molecule has 2 rings (SSSR count). The van der Waals surface area contributed by atoms with Crippen molar-refractivity contribution < 1.29 is 14.7 Å². The lowest BCUT2D eigenvalue weighted by molar-refractivity contribution is -0.119. The summed E-state index contributed by atoms with van der Waals surface area (Å²) in [6.45, 7) is 0. The minimum atomic E-state index is -0.528. The highest BCUT2D eigenvalue weighted by Crippen LogP contribution is 2.29. The van der Waals surface area contributed by atoms with E-state index in [-0.39, 0.29) is 17.1 Å². The van der Waals surface area contributed by atoms with Crippen molar-refractivity contribution in [2.75, 3.05) is 5.75 Å². The first-order valence-electron chi connectivity index (χ1n) is 6.42. The van der Waals surface area contributed by atoms with Gasteiger partial charge in [-0.3, -0.25) is 20.4 Å². The smallest absolute Gasteiger partial charge is 0.269 e. The summed E-state index contributed by atoms with van der Waals surface area (Å²) in [5, 5.41) is 10.3. The Labute approximate surface area is 147 Å². The maximum atomic E-state index is 11.8. The highest BCUT2D eigenvalue weighted by Gasteiger charge is 2.09. The van der Waals surface area contributed by atoms with Crippen LogP contribution >= 0.6 is 35.0 Å². The lowest BCUT2D eigenvalue weighted by atomic mass is 10.2. The Bertz CT molecular complexity index is 740. The Kier molecular flexibility index (Phi) is 6.15. The number of carbonyl (C=O) groups is 2. The molecule has 2 aromatic carbocycles. The molecule has 0 heterocycles. The van der Waals surface area contributed by atoms with Gasteiger partial charge in [-0.1, -0.05) is 29.3 Å². The molecule has 5 nitrogen and oxygen atoms in total. The third kappa shape index (κ3) is 5.35. The summed E-state index contributed by atoms with van der Waals surface area (Å²) in [6.07, 6.45) is 0. The number of nitrogens with one attached hydrogen (secondary N) is 2. The molecule has 2 amide bonds. The molecule has 8 heteroatoms. The fourth-order valence-corrected chi connectivity index (χ4v) is 2.91. The molecule has 0 fully saturated rings. The molecule has 0 radical (unpaired) electrons. The monoisotopic (exact) mass is 370 g/mol. The number of rotatable bonds is 4. The summed E-state index contributed by atoms with van der Waals surface area (Å²) >= 11 is 13.1. The fraction of sp³-hybridized carbons (Fsp3) is 0.0667. The van der Waals surface area contributed by atoms with Crippen LogP contribution in [0.3, 0.4) is 0 Å². The number of thioether (sulfide) groups is 1. The third-order valence-electron chi connectivity index (χ3n) is 2.68. The van der Waals surface area contributed by atoms with Crippen LogP contribution in [0.4, 0.5) is 0 Å². The zero-order valence-corrected chi connectivity index (χ0v) is 14.0. The van der Waals surface area contributed by atoms with Crippen LogP contribution < -0.4 is 10.9 Å². The van der Waals surface area contributed by atoms with Crippen molar-refractivity contribution in [1.29, 1.82) is 0 Å². The summed E-state index contributed by atoms with van der Waals surface area (Å²) in [5.74, 6) is -0.907. The normalized spacial score (nSPS) is 10.2. The van der Waals surface area contributed by atoms with Gasteiger partial charge in [0.1, 0.15) is 5.75 Å². The van der Waals surface area contributed by atoms with Crippen molar-refractivity contribution in [2.45, 2.75) is 4.90 Å². The predicted octanol–water partition coefficient (Wildman–Crippen LogP) is 3.25. The second kappa shape index (κ2) is 8.10. The van der Waals surface area contributed by atoms with E-state index in [0.29, 0.717) is 14.9 Å². The molecule has 0 saturated heterocycles. The topological polar surface area (TPSA) is 78.4 Å². The minimum absolute atomic E-state index is 0.0323. The Morgan fingerprint density at radius 3 is 2.61 bits per heavy atom. The number of carbonyl (C=O) groups excluding carboxylic acids is 2. The predicted molar refractivity (Wildman–Crippen MR) is 90.9 cm³/mol. The van der Waals surface area contributed by atoms with Crippen LogP contribution in [0, 0.1) is 0 Å². The van der Waals surface area contributed by atoms with Gasteiger partial charge in [-0.05, 0) is 36.4 Å². The molecule has 0 saturated carbocycles. The third-order valence-corrected chi connectivity index (χ3v) is 4.41. The molecule has 0 atom stereocenters. The van der Waals surface area contributed by atoms with E-state index in [0.717, 1.165) is 0 Å². The number of amides is 2. The minimum Gasteiger partial charge on any atom is -0.508 e. The average Bonchev–Trinajstić information content (AvgIpc) is 2.53. The van der Waals surface area contributed by atoms with Crippen LogP contribution in [0.25, 0.3) is 0 Å². The maximum Gasteiger partial charge on any atom is 0.269 e. The lowest BCUT2D eigenvalue weighted by Crippen LogP contribution is -2.42. The second-order valence-electron chi connectivity index (χ2n) is 4.42. The molecule has 0 spiro atoms. The van der Waals surface area contributed by atoms with Crippen LogP contribution in [-0.2, 0) is 4.79 Å². The quantitative estimate of drug-likeness (QED) is 0.570. The average molecular weight is 371 g/mol. The standard InChI is InChI=1S/C15H12Cl2N2O3S/c16-10-4-5-12(17)13(7-10)23-8-14(21)18-19-15(22)9-2-1-3-11(20)6-9/h1-7,20H,8H2,(H,18,21)(H,19,22). The van der Waals surface area contributed by atoms with Crippen LogP contribution in [0.1, 0.15) is 10.4 Å². The van der Waals surface area contributed by atoms with Gasteiger partial charge in [0.2, 0.25) is 5.91 Å². The van der Waals surface area contributed by atoms with E-state index < -0.39 is 11.8 Å². The summed E-state index contributed by atoms with van der Waals surface area (Å²) < 4.78 is 0. The number of phenolic OH excluding ortho intramolecular Hbond substituents is 1. The van der Waals surface area contributed by atoms with Gasteiger partial charge in [0, 0.05) is 15.5 Å². The molecule has 0 bridgehead atoms. The van der Waals surface area contributed by atoms with E-state index in [2.05, 4.69) is 10.9 Å². The van der Waals surface area contributed by atoms with E-state index in [1.807, 2.05) is 0 Å². The van der Waals surface area contributed by atoms with Crippen LogP contribution in [0.5, 0.6) is 5.75 Å². The van der Waals surface area contributed by atoms with Crippen molar-refractivity contribution in [2.24, 2.45) is 0 Å². The Morgan fingerprint density at radius 2 is 1.87 bits per heavy atom.